The maximum atomic E-state index is 12.5. The van der Waals surface area contributed by atoms with Crippen molar-refractivity contribution in [1.82, 2.24) is 10.2 Å². The first-order valence-electron chi connectivity index (χ1n) is 11.1. The summed E-state index contributed by atoms with van der Waals surface area (Å²) in [4.78, 5) is 38.9. The van der Waals surface area contributed by atoms with Gasteiger partial charge in [0.2, 0.25) is 5.91 Å². The van der Waals surface area contributed by atoms with Crippen LogP contribution in [-0.4, -0.2) is 48.4 Å². The van der Waals surface area contributed by atoms with Gasteiger partial charge in [-0.05, 0) is 42.7 Å². The molecule has 4 atom stereocenters. The quantitative estimate of drug-likeness (QED) is 0.696. The summed E-state index contributed by atoms with van der Waals surface area (Å²) in [6.07, 6.45) is 4.24. The molecular weight excluding hydrogens is 380 g/mol. The van der Waals surface area contributed by atoms with Gasteiger partial charge in [0.15, 0.2) is 6.61 Å². The van der Waals surface area contributed by atoms with Gasteiger partial charge in [-0.15, -0.1) is 0 Å². The van der Waals surface area contributed by atoms with Crippen LogP contribution in [0.4, 0.5) is 0 Å². The largest absolute Gasteiger partial charge is 0.455 e. The Balaban J connectivity index is 1.41. The molecule has 0 bridgehead atoms. The minimum Gasteiger partial charge on any atom is -0.455 e. The lowest BCUT2D eigenvalue weighted by atomic mass is 9.77. The molecule has 1 aliphatic carbocycles. The van der Waals surface area contributed by atoms with E-state index >= 15 is 0 Å². The Morgan fingerprint density at radius 1 is 1.20 bits per heavy atom. The summed E-state index contributed by atoms with van der Waals surface area (Å²) in [7, 11) is 0. The maximum Gasteiger partial charge on any atom is 0.311 e. The number of esters is 1. The second-order valence-corrected chi connectivity index (χ2v) is 8.92. The van der Waals surface area contributed by atoms with Gasteiger partial charge in [0.25, 0.3) is 5.91 Å². The van der Waals surface area contributed by atoms with Gasteiger partial charge in [0.1, 0.15) is 0 Å². The van der Waals surface area contributed by atoms with Gasteiger partial charge >= 0.3 is 5.97 Å². The van der Waals surface area contributed by atoms with Gasteiger partial charge in [-0.25, -0.2) is 0 Å². The monoisotopic (exact) mass is 414 g/mol. The summed E-state index contributed by atoms with van der Waals surface area (Å²) in [6, 6.07) is 8.26. The molecule has 0 unspecified atom stereocenters. The van der Waals surface area contributed by atoms with Gasteiger partial charge in [-0.1, -0.05) is 51.0 Å². The van der Waals surface area contributed by atoms with Crippen LogP contribution in [0.25, 0.3) is 0 Å². The third-order valence-corrected chi connectivity index (χ3v) is 6.88. The van der Waals surface area contributed by atoms with Crippen molar-refractivity contribution in [1.29, 1.82) is 0 Å². The summed E-state index contributed by atoms with van der Waals surface area (Å²) in [5, 5.41) is 2.79. The van der Waals surface area contributed by atoms with Crippen molar-refractivity contribution < 1.29 is 19.1 Å². The van der Waals surface area contributed by atoms with Crippen LogP contribution in [0.5, 0.6) is 0 Å². The molecule has 6 nitrogen and oxygen atoms in total. The molecule has 2 fully saturated rings. The molecule has 164 valence electrons. The summed E-state index contributed by atoms with van der Waals surface area (Å²) < 4.78 is 5.22. The van der Waals surface area contributed by atoms with Crippen LogP contribution < -0.4 is 5.32 Å². The Morgan fingerprint density at radius 2 is 1.97 bits per heavy atom. The summed E-state index contributed by atoms with van der Waals surface area (Å²) in [5.74, 6) is -0.168. The van der Waals surface area contributed by atoms with E-state index in [0.717, 1.165) is 19.3 Å². The first-order chi connectivity index (χ1) is 14.4. The SMILES string of the molecule is Cc1ccccc1CCNC(=O)COC(=O)[C@H]1CC(=O)N([C@@H]2CCC[C@H](C)[C@@H]2C)C1. The van der Waals surface area contributed by atoms with Gasteiger partial charge in [0.05, 0.1) is 5.92 Å². The Hall–Kier alpha value is -2.37. The van der Waals surface area contributed by atoms with Crippen LogP contribution in [0.15, 0.2) is 24.3 Å². The Labute approximate surface area is 179 Å². The smallest absolute Gasteiger partial charge is 0.311 e. The molecule has 1 aromatic rings. The molecule has 2 amide bonds. The second kappa shape index (κ2) is 10.1. The number of rotatable bonds is 7. The summed E-state index contributed by atoms with van der Waals surface area (Å²) in [6.45, 7) is 7.09. The summed E-state index contributed by atoms with van der Waals surface area (Å²) >= 11 is 0. The highest BCUT2D eigenvalue weighted by Gasteiger charge is 2.42. The van der Waals surface area contributed by atoms with E-state index in [2.05, 4.69) is 19.2 Å². The molecule has 0 spiro atoms. The molecule has 0 radical (unpaired) electrons. The fraction of sp³-hybridized carbons (Fsp3) is 0.625. The zero-order valence-electron chi connectivity index (χ0n) is 18.4. The lowest BCUT2D eigenvalue weighted by Gasteiger charge is -2.39. The molecule has 1 heterocycles. The topological polar surface area (TPSA) is 75.7 Å². The molecule has 1 aromatic carbocycles. The Morgan fingerprint density at radius 3 is 2.73 bits per heavy atom. The zero-order chi connectivity index (χ0) is 21.7. The predicted octanol–water partition coefficient (Wildman–Crippen LogP) is 2.87. The Bertz CT molecular complexity index is 778. The average Bonchev–Trinajstić information content (AvgIpc) is 3.11. The van der Waals surface area contributed by atoms with Crippen LogP contribution in [0.1, 0.15) is 50.7 Å². The fourth-order valence-corrected chi connectivity index (χ4v) is 4.74. The first-order valence-corrected chi connectivity index (χ1v) is 11.1. The van der Waals surface area contributed by atoms with Crippen LogP contribution in [0.3, 0.4) is 0 Å². The van der Waals surface area contributed by atoms with Gasteiger partial charge in [-0.2, -0.15) is 0 Å². The number of hydrogen-bond donors (Lipinski definition) is 1. The molecule has 0 aromatic heterocycles. The third kappa shape index (κ3) is 5.41. The minimum atomic E-state index is -0.471. The molecule has 1 saturated carbocycles. The molecule has 1 saturated heterocycles. The highest BCUT2D eigenvalue weighted by molar-refractivity contribution is 5.88. The number of amides is 2. The van der Waals surface area contributed by atoms with Gasteiger partial charge < -0.3 is 15.0 Å². The summed E-state index contributed by atoms with van der Waals surface area (Å²) in [5.41, 5.74) is 2.38. The number of ether oxygens (including phenoxy) is 1. The van der Waals surface area contributed by atoms with E-state index in [-0.39, 0.29) is 30.9 Å². The standard InChI is InChI=1S/C24H34N2O4/c1-16-8-6-10-21(18(16)3)26-14-20(13-23(26)28)24(29)30-15-22(27)25-12-11-19-9-5-4-7-17(19)2/h4-5,7,9,16,18,20-21H,6,8,10-15H2,1-3H3,(H,25,27)/t16-,18-,20-,21+/m0/s1. The molecular formula is C24H34N2O4. The molecule has 3 rings (SSSR count). The highest BCUT2D eigenvalue weighted by Crippen LogP contribution is 2.35. The van der Waals surface area contributed by atoms with E-state index in [1.54, 1.807) is 0 Å². The highest BCUT2D eigenvalue weighted by atomic mass is 16.5. The number of benzene rings is 1. The van der Waals surface area contributed by atoms with Crippen LogP contribution in [-0.2, 0) is 25.5 Å². The fourth-order valence-electron chi connectivity index (χ4n) is 4.74. The van der Waals surface area contributed by atoms with E-state index < -0.39 is 11.9 Å². The van der Waals surface area contributed by atoms with Crippen LogP contribution in [0, 0.1) is 24.7 Å². The first kappa shape index (κ1) is 22.3. The lowest BCUT2D eigenvalue weighted by Crippen LogP contribution is -2.45. The number of aryl methyl sites for hydroxylation is 1. The number of hydrogen-bond acceptors (Lipinski definition) is 4. The van der Waals surface area contributed by atoms with Crippen molar-refractivity contribution in [2.24, 2.45) is 17.8 Å². The van der Waals surface area contributed by atoms with Crippen molar-refractivity contribution in [3.8, 4) is 0 Å². The molecule has 30 heavy (non-hydrogen) atoms. The minimum absolute atomic E-state index is 0.0329. The van der Waals surface area contributed by atoms with Crippen molar-refractivity contribution in [2.45, 2.75) is 58.9 Å². The Kier molecular flexibility index (Phi) is 7.51. The molecule has 1 N–H and O–H groups in total. The molecule has 6 heteroatoms. The van der Waals surface area contributed by atoms with E-state index in [1.807, 2.05) is 36.1 Å². The predicted molar refractivity (Wildman–Crippen MR) is 115 cm³/mol. The number of carbonyl (C=O) groups excluding carboxylic acids is 3. The van der Waals surface area contributed by atoms with E-state index in [9.17, 15) is 14.4 Å². The van der Waals surface area contributed by atoms with E-state index in [4.69, 9.17) is 4.74 Å². The van der Waals surface area contributed by atoms with E-state index in [0.29, 0.717) is 24.9 Å². The van der Waals surface area contributed by atoms with Gasteiger partial charge in [0, 0.05) is 25.6 Å². The second-order valence-electron chi connectivity index (χ2n) is 8.92. The van der Waals surface area contributed by atoms with Crippen LogP contribution in [0.2, 0.25) is 0 Å². The number of carbonyl (C=O) groups is 3. The van der Waals surface area contributed by atoms with Crippen molar-refractivity contribution in [2.75, 3.05) is 19.7 Å². The maximum absolute atomic E-state index is 12.5. The molecule has 1 aliphatic heterocycles. The number of nitrogens with one attached hydrogen (secondary N) is 1. The lowest BCUT2D eigenvalue weighted by molar-refractivity contribution is -0.152. The third-order valence-electron chi connectivity index (χ3n) is 6.88. The molecule has 2 aliphatic rings. The number of likely N-dealkylation sites (tertiary alicyclic amines) is 1. The normalized spacial score (nSPS) is 26.5. The van der Waals surface area contributed by atoms with Crippen molar-refractivity contribution >= 4 is 17.8 Å². The number of nitrogens with zero attached hydrogens (tertiary/aromatic N) is 1. The van der Waals surface area contributed by atoms with E-state index in [1.165, 1.54) is 17.5 Å². The van der Waals surface area contributed by atoms with Crippen molar-refractivity contribution in [3.05, 3.63) is 35.4 Å². The average molecular weight is 415 g/mol. The van der Waals surface area contributed by atoms with Gasteiger partial charge in [-0.3, -0.25) is 14.4 Å². The zero-order valence-corrected chi connectivity index (χ0v) is 18.4. The van der Waals surface area contributed by atoms with Crippen LogP contribution >= 0.6 is 0 Å². The van der Waals surface area contributed by atoms with Crippen molar-refractivity contribution in [3.63, 3.8) is 0 Å².